The maximum atomic E-state index is 12.6. The molecule has 0 aromatic carbocycles. The van der Waals surface area contributed by atoms with Gasteiger partial charge in [0.25, 0.3) is 0 Å². The Hall–Kier alpha value is -0.510. The molecule has 1 nitrogen and oxygen atoms in total. The summed E-state index contributed by atoms with van der Waals surface area (Å²) < 4.78 is 37.7. The minimum atomic E-state index is -4.08. The van der Waals surface area contributed by atoms with Crippen molar-refractivity contribution in [2.24, 2.45) is 17.6 Å². The minimum absolute atomic E-state index is 0.0708. The highest BCUT2D eigenvalue weighted by molar-refractivity contribution is 4.89. The minimum Gasteiger partial charge on any atom is -0.328 e. The molecule has 0 aromatic heterocycles. The van der Waals surface area contributed by atoms with Gasteiger partial charge in [-0.25, -0.2) is 0 Å². The average Bonchev–Trinajstić information content (AvgIpc) is 2.02. The van der Waals surface area contributed by atoms with Gasteiger partial charge in [0.05, 0.1) is 5.92 Å². The smallest absolute Gasteiger partial charge is 0.328 e. The van der Waals surface area contributed by atoms with E-state index in [9.17, 15) is 13.2 Å². The Balaban J connectivity index is 2.67. The lowest BCUT2D eigenvalue weighted by Crippen LogP contribution is -2.39. The number of hydrogen-bond acceptors (Lipinski definition) is 1. The first-order valence-electron chi connectivity index (χ1n) is 4.88. The molecule has 1 rings (SSSR count). The first-order valence-corrected chi connectivity index (χ1v) is 4.88. The summed E-state index contributed by atoms with van der Waals surface area (Å²) in [5.41, 5.74) is 5.66. The summed E-state index contributed by atoms with van der Waals surface area (Å²) in [6, 6.07) is -0.0708. The largest absolute Gasteiger partial charge is 0.392 e. The third-order valence-electron chi connectivity index (χ3n) is 2.91. The van der Waals surface area contributed by atoms with Crippen LogP contribution in [-0.4, -0.2) is 12.2 Å². The van der Waals surface area contributed by atoms with Gasteiger partial charge in [0.1, 0.15) is 0 Å². The Morgan fingerprint density at radius 3 is 2.50 bits per heavy atom. The summed E-state index contributed by atoms with van der Waals surface area (Å²) in [6.45, 7) is 3.49. The topological polar surface area (TPSA) is 26.0 Å². The molecule has 0 amide bonds. The van der Waals surface area contributed by atoms with E-state index in [1.165, 1.54) is 0 Å². The summed E-state index contributed by atoms with van der Waals surface area (Å²) in [7, 11) is 0. The van der Waals surface area contributed by atoms with Crippen LogP contribution >= 0.6 is 0 Å². The van der Waals surface area contributed by atoms with Crippen LogP contribution in [0.1, 0.15) is 25.7 Å². The molecule has 1 aliphatic carbocycles. The van der Waals surface area contributed by atoms with Crippen molar-refractivity contribution >= 4 is 0 Å². The van der Waals surface area contributed by atoms with E-state index in [1.807, 2.05) is 0 Å². The normalized spacial score (nSPS) is 34.1. The van der Waals surface area contributed by atoms with Crippen molar-refractivity contribution in [1.29, 1.82) is 0 Å². The molecular weight excluding hydrogens is 191 g/mol. The molecule has 2 N–H and O–H groups in total. The first kappa shape index (κ1) is 11.6. The zero-order valence-electron chi connectivity index (χ0n) is 8.06. The molecular formula is C10H16F3N. The van der Waals surface area contributed by atoms with Gasteiger partial charge < -0.3 is 5.73 Å². The van der Waals surface area contributed by atoms with E-state index in [1.54, 1.807) is 6.08 Å². The molecule has 82 valence electrons. The van der Waals surface area contributed by atoms with Gasteiger partial charge in [-0.15, -0.1) is 6.58 Å². The Kier molecular flexibility index (Phi) is 3.59. The lowest BCUT2D eigenvalue weighted by Gasteiger charge is -2.35. The molecule has 0 aliphatic heterocycles. The van der Waals surface area contributed by atoms with Crippen LogP contribution < -0.4 is 5.73 Å². The molecule has 0 aromatic rings. The summed E-state index contributed by atoms with van der Waals surface area (Å²) in [6.07, 6.45) is -0.982. The van der Waals surface area contributed by atoms with Crippen molar-refractivity contribution in [1.82, 2.24) is 0 Å². The molecule has 4 heteroatoms. The van der Waals surface area contributed by atoms with E-state index in [0.717, 1.165) is 0 Å². The number of hydrogen-bond donors (Lipinski definition) is 1. The summed E-state index contributed by atoms with van der Waals surface area (Å²) in [5.74, 6) is -1.54. The van der Waals surface area contributed by atoms with Gasteiger partial charge in [-0.2, -0.15) is 13.2 Å². The maximum Gasteiger partial charge on any atom is 0.392 e. The monoisotopic (exact) mass is 207 g/mol. The number of allylic oxidation sites excluding steroid dienone is 1. The zero-order chi connectivity index (χ0) is 10.8. The van der Waals surface area contributed by atoms with Gasteiger partial charge in [0.2, 0.25) is 0 Å². The molecule has 0 bridgehead atoms. The quantitative estimate of drug-likeness (QED) is 0.692. The van der Waals surface area contributed by atoms with Gasteiger partial charge in [0, 0.05) is 6.04 Å². The highest BCUT2D eigenvalue weighted by Gasteiger charge is 2.46. The molecule has 3 unspecified atom stereocenters. The van der Waals surface area contributed by atoms with Gasteiger partial charge in [-0.05, 0) is 31.6 Å². The standard InChI is InChI=1S/C10H16F3N/c1-2-3-7-6-8(14)4-5-9(7)10(11,12)13/h2,7-9H,1,3-6,14H2. The fraction of sp³-hybridized carbons (Fsp3) is 0.800. The average molecular weight is 207 g/mol. The van der Waals surface area contributed by atoms with E-state index < -0.39 is 12.1 Å². The van der Waals surface area contributed by atoms with Gasteiger partial charge >= 0.3 is 6.18 Å². The Labute approximate surface area is 82.2 Å². The van der Waals surface area contributed by atoms with Crippen LogP contribution in [0.25, 0.3) is 0 Å². The Morgan fingerprint density at radius 2 is 2.00 bits per heavy atom. The van der Waals surface area contributed by atoms with Crippen LogP contribution in [0, 0.1) is 11.8 Å². The molecule has 14 heavy (non-hydrogen) atoms. The van der Waals surface area contributed by atoms with E-state index >= 15 is 0 Å². The van der Waals surface area contributed by atoms with Crippen molar-refractivity contribution in [3.63, 3.8) is 0 Å². The number of halogens is 3. The molecule has 3 atom stereocenters. The number of alkyl halides is 3. The molecule has 0 heterocycles. The van der Waals surface area contributed by atoms with Gasteiger partial charge in [-0.1, -0.05) is 6.08 Å². The van der Waals surface area contributed by atoms with Crippen molar-refractivity contribution < 1.29 is 13.2 Å². The molecule has 1 saturated carbocycles. The predicted octanol–water partition coefficient (Wildman–Crippen LogP) is 2.87. The second-order valence-electron chi connectivity index (χ2n) is 4.01. The van der Waals surface area contributed by atoms with Crippen LogP contribution in [0.3, 0.4) is 0 Å². The summed E-state index contributed by atoms with van der Waals surface area (Å²) >= 11 is 0. The van der Waals surface area contributed by atoms with E-state index in [-0.39, 0.29) is 18.4 Å². The van der Waals surface area contributed by atoms with Crippen LogP contribution in [0.5, 0.6) is 0 Å². The van der Waals surface area contributed by atoms with Crippen molar-refractivity contribution in [3.05, 3.63) is 12.7 Å². The highest BCUT2D eigenvalue weighted by Crippen LogP contribution is 2.42. The second kappa shape index (κ2) is 4.34. The van der Waals surface area contributed by atoms with Crippen LogP contribution in [0.2, 0.25) is 0 Å². The summed E-state index contributed by atoms with van der Waals surface area (Å²) in [4.78, 5) is 0. The molecule has 1 fully saturated rings. The molecule has 0 radical (unpaired) electrons. The third-order valence-corrected chi connectivity index (χ3v) is 2.91. The second-order valence-corrected chi connectivity index (χ2v) is 4.01. The van der Waals surface area contributed by atoms with Crippen molar-refractivity contribution in [2.75, 3.05) is 0 Å². The van der Waals surface area contributed by atoms with Crippen LogP contribution in [-0.2, 0) is 0 Å². The van der Waals surface area contributed by atoms with E-state index in [4.69, 9.17) is 5.73 Å². The SMILES string of the molecule is C=CCC1CC(N)CCC1C(F)(F)F. The van der Waals surface area contributed by atoms with E-state index in [0.29, 0.717) is 19.3 Å². The zero-order valence-corrected chi connectivity index (χ0v) is 8.06. The maximum absolute atomic E-state index is 12.6. The predicted molar refractivity (Wildman–Crippen MR) is 49.7 cm³/mol. The Morgan fingerprint density at radius 1 is 1.36 bits per heavy atom. The highest BCUT2D eigenvalue weighted by atomic mass is 19.4. The van der Waals surface area contributed by atoms with E-state index in [2.05, 4.69) is 6.58 Å². The lowest BCUT2D eigenvalue weighted by molar-refractivity contribution is -0.196. The summed E-state index contributed by atoms with van der Waals surface area (Å²) in [5, 5.41) is 0. The third kappa shape index (κ3) is 2.74. The van der Waals surface area contributed by atoms with Crippen LogP contribution in [0.15, 0.2) is 12.7 Å². The molecule has 0 saturated heterocycles. The van der Waals surface area contributed by atoms with Crippen molar-refractivity contribution in [3.8, 4) is 0 Å². The molecule has 1 aliphatic rings. The van der Waals surface area contributed by atoms with Gasteiger partial charge in [0.15, 0.2) is 0 Å². The Bertz CT molecular complexity index is 200. The van der Waals surface area contributed by atoms with Crippen LogP contribution in [0.4, 0.5) is 13.2 Å². The number of rotatable bonds is 2. The lowest BCUT2D eigenvalue weighted by atomic mass is 9.75. The molecule has 0 spiro atoms. The number of nitrogens with two attached hydrogens (primary N) is 1. The first-order chi connectivity index (χ1) is 6.45. The fourth-order valence-corrected chi connectivity index (χ4v) is 2.21. The fourth-order valence-electron chi connectivity index (χ4n) is 2.21. The van der Waals surface area contributed by atoms with Crippen molar-refractivity contribution in [2.45, 2.75) is 37.9 Å². The van der Waals surface area contributed by atoms with Gasteiger partial charge in [-0.3, -0.25) is 0 Å².